The summed E-state index contributed by atoms with van der Waals surface area (Å²) in [6.07, 6.45) is 2.64. The Labute approximate surface area is 242 Å². The number of rotatable bonds is 8. The Kier molecular flexibility index (Phi) is 8.59. The number of hydrogen-bond acceptors (Lipinski definition) is 5. The van der Waals surface area contributed by atoms with Crippen LogP contribution in [0, 0.1) is 5.92 Å². The van der Waals surface area contributed by atoms with Gasteiger partial charge in [-0.25, -0.2) is 4.79 Å². The number of benzene rings is 2. The molecule has 3 heterocycles. The maximum Gasteiger partial charge on any atom is 0.322 e. The molecular weight excluding hydrogens is 522 g/mol. The van der Waals surface area contributed by atoms with Crippen LogP contribution in [0.2, 0.25) is 0 Å². The lowest BCUT2D eigenvalue weighted by molar-refractivity contribution is -0.137. The van der Waals surface area contributed by atoms with Crippen LogP contribution in [0.3, 0.4) is 0 Å². The van der Waals surface area contributed by atoms with E-state index in [0.717, 1.165) is 41.8 Å². The number of carbonyl (C=O) groups is 3. The molecule has 2 fully saturated rings. The largest absolute Gasteiger partial charge is 0.378 e. The summed E-state index contributed by atoms with van der Waals surface area (Å²) in [7, 11) is 4.03. The molecule has 0 aromatic heterocycles. The molecule has 4 amide bonds. The number of para-hydroxylation sites is 1. The number of piperidine rings is 1. The zero-order chi connectivity index (χ0) is 28.4. The van der Waals surface area contributed by atoms with Gasteiger partial charge in [0.05, 0.1) is 5.25 Å². The Hall–Kier alpha value is -3.20. The first-order chi connectivity index (χ1) is 19.2. The van der Waals surface area contributed by atoms with Crippen molar-refractivity contribution in [1.82, 2.24) is 14.7 Å². The molecule has 5 rings (SSSR count). The number of fused-ring (bicyclic) bond motifs is 1. The summed E-state index contributed by atoms with van der Waals surface area (Å²) in [5.41, 5.74) is 4.22. The van der Waals surface area contributed by atoms with Crippen LogP contribution in [0.15, 0.2) is 48.5 Å². The van der Waals surface area contributed by atoms with Crippen LogP contribution in [0.5, 0.6) is 0 Å². The average molecular weight is 564 g/mol. The van der Waals surface area contributed by atoms with Gasteiger partial charge in [-0.15, -0.1) is 11.8 Å². The lowest BCUT2D eigenvalue weighted by Gasteiger charge is -2.40. The van der Waals surface area contributed by atoms with E-state index in [9.17, 15) is 14.4 Å². The molecule has 2 aromatic carbocycles. The number of nitrogens with zero attached hydrogens (tertiary/aromatic N) is 4. The second kappa shape index (κ2) is 12.1. The Balaban J connectivity index is 1.20. The predicted molar refractivity (Wildman–Crippen MR) is 161 cm³/mol. The van der Waals surface area contributed by atoms with E-state index in [1.54, 1.807) is 11.8 Å². The summed E-state index contributed by atoms with van der Waals surface area (Å²) in [6, 6.07) is 16.3. The number of carbonyl (C=O) groups excluding carboxylic acids is 3. The van der Waals surface area contributed by atoms with Gasteiger partial charge in [0.2, 0.25) is 11.8 Å². The highest BCUT2D eigenvalue weighted by Gasteiger charge is 2.42. The lowest BCUT2D eigenvalue weighted by atomic mass is 10.0. The summed E-state index contributed by atoms with van der Waals surface area (Å²) in [5.74, 6) is 0.594. The molecule has 1 N–H and O–H groups in total. The van der Waals surface area contributed by atoms with Gasteiger partial charge in [-0.1, -0.05) is 44.2 Å². The minimum absolute atomic E-state index is 0.0326. The Bertz CT molecular complexity index is 1230. The highest BCUT2D eigenvalue weighted by atomic mass is 32.2. The molecule has 0 aliphatic carbocycles. The van der Waals surface area contributed by atoms with E-state index in [2.05, 4.69) is 48.3 Å². The van der Waals surface area contributed by atoms with Gasteiger partial charge in [-0.3, -0.25) is 9.59 Å². The van der Waals surface area contributed by atoms with Crippen LogP contribution in [0.25, 0.3) is 0 Å². The monoisotopic (exact) mass is 563 g/mol. The lowest BCUT2D eigenvalue weighted by Crippen LogP contribution is -2.51. The van der Waals surface area contributed by atoms with Crippen molar-refractivity contribution in [2.24, 2.45) is 5.92 Å². The molecular formula is C31H41N5O3S. The molecule has 0 saturated carbocycles. The van der Waals surface area contributed by atoms with Crippen LogP contribution in [0.4, 0.5) is 16.2 Å². The van der Waals surface area contributed by atoms with E-state index >= 15 is 0 Å². The number of anilines is 2. The highest BCUT2D eigenvalue weighted by molar-refractivity contribution is 8.01. The van der Waals surface area contributed by atoms with E-state index < -0.39 is 0 Å². The Morgan fingerprint density at radius 1 is 1.05 bits per heavy atom. The van der Waals surface area contributed by atoms with Crippen molar-refractivity contribution in [2.45, 2.75) is 62.7 Å². The first-order valence-electron chi connectivity index (χ1n) is 14.4. The maximum atomic E-state index is 13.6. The first kappa shape index (κ1) is 28.3. The minimum atomic E-state index is -0.375. The fraction of sp³-hybridized carbons (Fsp3) is 0.516. The second-order valence-electron chi connectivity index (χ2n) is 11.7. The fourth-order valence-corrected chi connectivity index (χ4v) is 7.25. The molecule has 9 heteroatoms. The van der Waals surface area contributed by atoms with Gasteiger partial charge in [0.25, 0.3) is 0 Å². The molecule has 8 nitrogen and oxygen atoms in total. The molecule has 3 aliphatic heterocycles. The number of hydrogen-bond donors (Lipinski definition) is 1. The summed E-state index contributed by atoms with van der Waals surface area (Å²) in [4.78, 5) is 47.5. The smallest absolute Gasteiger partial charge is 0.322 e. The number of thioether (sulfide) groups is 1. The third-order valence-corrected chi connectivity index (χ3v) is 9.74. The molecule has 2 aromatic rings. The van der Waals surface area contributed by atoms with Gasteiger partial charge in [0, 0.05) is 64.1 Å². The van der Waals surface area contributed by atoms with Gasteiger partial charge in [0.15, 0.2) is 0 Å². The summed E-state index contributed by atoms with van der Waals surface area (Å²) < 4.78 is 0. The number of amides is 4. The normalized spacial score (nSPS) is 21.6. The Morgan fingerprint density at radius 3 is 2.42 bits per heavy atom. The van der Waals surface area contributed by atoms with Crippen molar-refractivity contribution in [3.05, 3.63) is 59.7 Å². The molecule has 2 saturated heterocycles. The van der Waals surface area contributed by atoms with Gasteiger partial charge >= 0.3 is 6.03 Å². The number of nitrogens with one attached hydrogen (secondary N) is 1. The third kappa shape index (κ3) is 6.09. The van der Waals surface area contributed by atoms with E-state index in [0.29, 0.717) is 32.1 Å². The number of urea groups is 1. The first-order valence-corrected chi connectivity index (χ1v) is 15.3. The molecule has 40 heavy (non-hydrogen) atoms. The minimum Gasteiger partial charge on any atom is -0.378 e. The van der Waals surface area contributed by atoms with Crippen molar-refractivity contribution in [2.75, 3.05) is 43.9 Å². The zero-order valence-electron chi connectivity index (χ0n) is 24.0. The zero-order valence-corrected chi connectivity index (χ0v) is 24.8. The summed E-state index contributed by atoms with van der Waals surface area (Å²) in [5, 5.41) is 2.55. The van der Waals surface area contributed by atoms with Crippen LogP contribution in [-0.4, -0.2) is 77.6 Å². The SMILES string of the molecule is CC(C)CCN1C(=O)C(CC(=O)N2CCC(N3Cc4ccccc4NC3=O)CC2)SC1c1ccc(N(C)C)cc1. The van der Waals surface area contributed by atoms with Gasteiger partial charge in [-0.05, 0) is 54.5 Å². The van der Waals surface area contributed by atoms with Crippen LogP contribution in [-0.2, 0) is 16.1 Å². The van der Waals surface area contributed by atoms with E-state index in [4.69, 9.17) is 0 Å². The van der Waals surface area contributed by atoms with E-state index in [1.165, 1.54) is 0 Å². The average Bonchev–Trinajstić information content (AvgIpc) is 3.26. The maximum absolute atomic E-state index is 13.6. The van der Waals surface area contributed by atoms with Crippen LogP contribution < -0.4 is 10.2 Å². The Morgan fingerprint density at radius 2 is 1.75 bits per heavy atom. The fourth-order valence-electron chi connectivity index (χ4n) is 5.78. The van der Waals surface area contributed by atoms with Crippen molar-refractivity contribution in [3.63, 3.8) is 0 Å². The summed E-state index contributed by atoms with van der Waals surface area (Å²) >= 11 is 1.61. The third-order valence-electron chi connectivity index (χ3n) is 8.26. The second-order valence-corrected chi connectivity index (χ2v) is 13.0. The summed E-state index contributed by atoms with van der Waals surface area (Å²) in [6.45, 7) is 6.84. The molecule has 0 bridgehead atoms. The quantitative estimate of drug-likeness (QED) is 0.480. The highest BCUT2D eigenvalue weighted by Crippen LogP contribution is 2.45. The van der Waals surface area contributed by atoms with Crippen molar-refractivity contribution >= 4 is 41.0 Å². The van der Waals surface area contributed by atoms with Crippen molar-refractivity contribution in [1.29, 1.82) is 0 Å². The van der Waals surface area contributed by atoms with Gasteiger partial charge in [-0.2, -0.15) is 0 Å². The topological polar surface area (TPSA) is 76.2 Å². The predicted octanol–water partition coefficient (Wildman–Crippen LogP) is 5.17. The van der Waals surface area contributed by atoms with Gasteiger partial charge in [0.1, 0.15) is 5.37 Å². The van der Waals surface area contributed by atoms with Crippen molar-refractivity contribution < 1.29 is 14.4 Å². The molecule has 2 unspecified atom stereocenters. The number of likely N-dealkylation sites (tertiary alicyclic amines) is 1. The van der Waals surface area contributed by atoms with Crippen molar-refractivity contribution in [3.8, 4) is 0 Å². The van der Waals surface area contributed by atoms with Gasteiger partial charge < -0.3 is 24.9 Å². The van der Waals surface area contributed by atoms with Crippen LogP contribution >= 0.6 is 11.8 Å². The van der Waals surface area contributed by atoms with Crippen LogP contribution in [0.1, 0.15) is 56.0 Å². The van der Waals surface area contributed by atoms with E-state index in [1.807, 2.05) is 53.1 Å². The van der Waals surface area contributed by atoms with E-state index in [-0.39, 0.29) is 40.9 Å². The molecule has 0 radical (unpaired) electrons. The standard InChI is InChI=1S/C31H41N5O3S/c1-21(2)13-18-35-29(38)27(40-30(35)22-9-11-24(12-10-22)33(3)4)19-28(37)34-16-14-25(15-17-34)36-20-23-7-5-6-8-26(23)32-31(36)39/h5-12,21,25,27,30H,13-20H2,1-4H3,(H,32,39). The molecule has 214 valence electrons. The molecule has 3 aliphatic rings. The molecule has 2 atom stereocenters. The molecule has 0 spiro atoms.